The van der Waals surface area contributed by atoms with Gasteiger partial charge in [-0.3, -0.25) is 24.2 Å². The Bertz CT molecular complexity index is 1470. The lowest BCUT2D eigenvalue weighted by molar-refractivity contribution is -0.159. The van der Waals surface area contributed by atoms with Crippen molar-refractivity contribution in [2.45, 2.75) is 44.2 Å². The molecule has 13 heteroatoms. The fourth-order valence-corrected chi connectivity index (χ4v) is 5.25. The Balaban J connectivity index is 2.33. The SMILES string of the molecule is CCC(=O)NC(CCc1cccc2ccccc12)(c1ccc(OP(=O)(O)O)cc1)C(NC(C)=O)(C(N)=O)C(=O)O. The van der Waals surface area contributed by atoms with E-state index < -0.39 is 42.6 Å². The molecule has 0 saturated carbocycles. The lowest BCUT2D eigenvalue weighted by atomic mass is 9.67. The highest BCUT2D eigenvalue weighted by Crippen LogP contribution is 2.42. The Kier molecular flexibility index (Phi) is 8.99. The lowest BCUT2D eigenvalue weighted by Gasteiger charge is -2.47. The number of carboxylic acid groups (broad SMARTS) is 1. The summed E-state index contributed by atoms with van der Waals surface area (Å²) in [6, 6.07) is 17.7. The quantitative estimate of drug-likeness (QED) is 0.139. The first kappa shape index (κ1) is 30.3. The average Bonchev–Trinajstić information content (AvgIpc) is 2.88. The molecule has 3 aromatic rings. The molecule has 0 aliphatic rings. The minimum atomic E-state index is -4.92. The molecule has 40 heavy (non-hydrogen) atoms. The van der Waals surface area contributed by atoms with Gasteiger partial charge in [-0.2, -0.15) is 0 Å². The summed E-state index contributed by atoms with van der Waals surface area (Å²) < 4.78 is 15.9. The number of carbonyl (C=O) groups is 4. The van der Waals surface area contributed by atoms with Gasteiger partial charge in [0.2, 0.25) is 17.4 Å². The van der Waals surface area contributed by atoms with Crippen molar-refractivity contribution in [1.29, 1.82) is 0 Å². The standard InChI is InChI=1S/C27H30N3O9P/c1-3-23(32)30-26(27(24(28)33,25(34)35)29-17(2)31,20-11-13-21(14-12-20)39-40(36,37)38)16-15-19-9-6-8-18-7-4-5-10-22(18)19/h4-14H,3,15-16H2,1-2H3,(H2,28,33)(H,29,31)(H,30,32)(H,34,35)(H2,36,37,38). The van der Waals surface area contributed by atoms with Gasteiger partial charge in [0, 0.05) is 13.3 Å². The molecule has 0 bridgehead atoms. The number of benzene rings is 3. The summed E-state index contributed by atoms with van der Waals surface area (Å²) in [4.78, 5) is 69.7. The zero-order valence-electron chi connectivity index (χ0n) is 21.8. The van der Waals surface area contributed by atoms with E-state index in [0.29, 0.717) is 0 Å². The highest BCUT2D eigenvalue weighted by Gasteiger charge is 2.63. The highest BCUT2D eigenvalue weighted by molar-refractivity contribution is 7.46. The maximum atomic E-state index is 13.1. The number of nitrogens with two attached hydrogens (primary N) is 1. The molecule has 7 N–H and O–H groups in total. The molecule has 0 aromatic heterocycles. The van der Waals surface area contributed by atoms with Crippen molar-refractivity contribution in [3.05, 3.63) is 77.9 Å². The summed E-state index contributed by atoms with van der Waals surface area (Å²) in [5.74, 6) is -5.07. The van der Waals surface area contributed by atoms with Gasteiger partial charge in [-0.05, 0) is 46.9 Å². The molecule has 0 radical (unpaired) electrons. The average molecular weight is 572 g/mol. The third kappa shape index (κ3) is 6.15. The van der Waals surface area contributed by atoms with Crippen molar-refractivity contribution >= 4 is 42.3 Å². The minimum Gasteiger partial charge on any atom is -0.479 e. The maximum absolute atomic E-state index is 13.1. The molecule has 12 nitrogen and oxygen atoms in total. The first-order valence-electron chi connectivity index (χ1n) is 12.2. The number of hydrogen-bond donors (Lipinski definition) is 6. The number of primary amides is 1. The molecule has 0 spiro atoms. The van der Waals surface area contributed by atoms with E-state index in [1.54, 1.807) is 0 Å². The lowest BCUT2D eigenvalue weighted by Crippen LogP contribution is -2.77. The number of carbonyl (C=O) groups excluding carboxylic acids is 3. The Morgan fingerprint density at radius 1 is 0.950 bits per heavy atom. The fraction of sp³-hybridized carbons (Fsp3) is 0.259. The van der Waals surface area contributed by atoms with E-state index >= 15 is 0 Å². The van der Waals surface area contributed by atoms with Gasteiger partial charge in [0.05, 0.1) is 0 Å². The van der Waals surface area contributed by atoms with E-state index in [0.717, 1.165) is 35.4 Å². The Labute approximate surface area is 229 Å². The molecule has 3 rings (SSSR count). The topological polar surface area (TPSA) is 205 Å². The molecule has 0 fully saturated rings. The van der Waals surface area contributed by atoms with Gasteiger partial charge in [0.25, 0.3) is 5.91 Å². The number of rotatable bonds is 12. The molecule has 0 aliphatic heterocycles. The molecule has 0 aliphatic carbocycles. The van der Waals surface area contributed by atoms with Crippen LogP contribution in [0.2, 0.25) is 0 Å². The molecule has 2 unspecified atom stereocenters. The summed E-state index contributed by atoms with van der Waals surface area (Å²) in [5.41, 5.74) is 1.46. The van der Waals surface area contributed by atoms with Crippen LogP contribution in [0.15, 0.2) is 66.7 Å². The monoisotopic (exact) mass is 571 g/mol. The number of aliphatic carboxylic acids is 1. The van der Waals surface area contributed by atoms with E-state index in [9.17, 15) is 28.8 Å². The van der Waals surface area contributed by atoms with Crippen LogP contribution in [0.5, 0.6) is 5.75 Å². The molecule has 0 heterocycles. The molecule has 2 atom stereocenters. The largest absolute Gasteiger partial charge is 0.524 e. The predicted octanol–water partition coefficient (Wildman–Crippen LogP) is 2.11. The van der Waals surface area contributed by atoms with Crippen molar-refractivity contribution in [2.75, 3.05) is 0 Å². The van der Waals surface area contributed by atoms with Crippen molar-refractivity contribution in [1.82, 2.24) is 10.6 Å². The summed E-state index contributed by atoms with van der Waals surface area (Å²) >= 11 is 0. The first-order valence-corrected chi connectivity index (χ1v) is 13.7. The number of amides is 3. The second kappa shape index (κ2) is 11.9. The molecular formula is C27H30N3O9P. The van der Waals surface area contributed by atoms with Crippen LogP contribution in [0.4, 0.5) is 0 Å². The van der Waals surface area contributed by atoms with Crippen molar-refractivity contribution in [3.63, 3.8) is 0 Å². The van der Waals surface area contributed by atoms with Gasteiger partial charge in [-0.1, -0.05) is 61.5 Å². The van der Waals surface area contributed by atoms with Crippen LogP contribution >= 0.6 is 7.82 Å². The summed E-state index contributed by atoms with van der Waals surface area (Å²) in [7, 11) is -4.92. The summed E-state index contributed by atoms with van der Waals surface area (Å²) in [6.07, 6.45) is -0.223. The van der Waals surface area contributed by atoms with E-state index in [-0.39, 0.29) is 30.6 Å². The maximum Gasteiger partial charge on any atom is 0.524 e. The Morgan fingerprint density at radius 3 is 2.12 bits per heavy atom. The molecule has 3 amide bonds. The number of hydrogen-bond acceptors (Lipinski definition) is 6. The predicted molar refractivity (Wildman–Crippen MR) is 145 cm³/mol. The molecule has 0 saturated heterocycles. The van der Waals surface area contributed by atoms with Gasteiger partial charge in [0.15, 0.2) is 0 Å². The van der Waals surface area contributed by atoms with E-state index in [1.165, 1.54) is 19.1 Å². The van der Waals surface area contributed by atoms with Crippen LogP contribution in [0.25, 0.3) is 10.8 Å². The zero-order valence-corrected chi connectivity index (χ0v) is 22.7. The van der Waals surface area contributed by atoms with Gasteiger partial charge >= 0.3 is 13.8 Å². The van der Waals surface area contributed by atoms with Gasteiger partial charge in [0.1, 0.15) is 11.3 Å². The van der Waals surface area contributed by atoms with Crippen molar-refractivity contribution in [3.8, 4) is 5.75 Å². The van der Waals surface area contributed by atoms with Gasteiger partial charge < -0.3 is 26.0 Å². The van der Waals surface area contributed by atoms with Crippen LogP contribution in [-0.4, -0.2) is 44.1 Å². The number of aryl methyl sites for hydroxylation is 1. The zero-order chi connectivity index (χ0) is 29.7. The van der Waals surface area contributed by atoms with Crippen LogP contribution in [-0.2, 0) is 35.7 Å². The van der Waals surface area contributed by atoms with Gasteiger partial charge in [-0.25, -0.2) is 9.36 Å². The molecule has 3 aromatic carbocycles. The van der Waals surface area contributed by atoms with Crippen LogP contribution < -0.4 is 20.9 Å². The van der Waals surface area contributed by atoms with E-state index in [2.05, 4.69) is 15.2 Å². The number of carboxylic acids is 1. The van der Waals surface area contributed by atoms with Crippen molar-refractivity contribution in [2.24, 2.45) is 5.73 Å². The second-order valence-corrected chi connectivity index (χ2v) is 10.3. The number of phosphoric ester groups is 1. The number of nitrogens with one attached hydrogen (secondary N) is 2. The normalized spacial score (nSPS) is 14.4. The summed E-state index contributed by atoms with van der Waals surface area (Å²) in [5, 5.41) is 17.1. The van der Waals surface area contributed by atoms with Crippen LogP contribution in [0.3, 0.4) is 0 Å². The number of phosphoric acid groups is 1. The van der Waals surface area contributed by atoms with Crippen LogP contribution in [0, 0.1) is 0 Å². The van der Waals surface area contributed by atoms with E-state index in [4.69, 9.17) is 15.5 Å². The smallest absolute Gasteiger partial charge is 0.479 e. The fourth-order valence-electron chi connectivity index (χ4n) is 4.86. The van der Waals surface area contributed by atoms with Crippen molar-refractivity contribution < 1.29 is 43.2 Å². The Morgan fingerprint density at radius 2 is 1.57 bits per heavy atom. The number of fused-ring (bicyclic) bond motifs is 1. The second-order valence-electron chi connectivity index (χ2n) is 9.15. The van der Waals surface area contributed by atoms with Crippen LogP contribution in [0.1, 0.15) is 37.8 Å². The Hall–Kier alpha value is -4.25. The highest BCUT2D eigenvalue weighted by atomic mass is 31.2. The molecule has 212 valence electrons. The van der Waals surface area contributed by atoms with E-state index in [1.807, 2.05) is 42.5 Å². The first-order chi connectivity index (χ1) is 18.8. The van der Waals surface area contributed by atoms with Gasteiger partial charge in [-0.15, -0.1) is 0 Å². The summed E-state index contributed by atoms with van der Waals surface area (Å²) in [6.45, 7) is 2.53. The third-order valence-electron chi connectivity index (χ3n) is 6.59. The third-order valence-corrected chi connectivity index (χ3v) is 7.04. The minimum absolute atomic E-state index is 0.0162. The molecular weight excluding hydrogens is 541 g/mol.